The number of nitrogens with zero attached hydrogens (tertiary/aromatic N) is 2. The summed E-state index contributed by atoms with van der Waals surface area (Å²) in [5.41, 5.74) is 1.69. The van der Waals surface area contributed by atoms with Crippen LogP contribution < -0.4 is 4.90 Å². The molecule has 0 N–H and O–H groups in total. The van der Waals surface area contributed by atoms with E-state index in [9.17, 15) is 22.4 Å². The topological polar surface area (TPSA) is 93.2 Å². The first kappa shape index (κ1) is 23.3. The maximum atomic E-state index is 14.4. The van der Waals surface area contributed by atoms with E-state index in [2.05, 4.69) is 0 Å². The number of morpholine rings is 1. The predicted molar refractivity (Wildman–Crippen MR) is 118 cm³/mol. The number of benzene rings is 2. The van der Waals surface area contributed by atoms with Crippen LogP contribution in [0.1, 0.15) is 29.3 Å². The van der Waals surface area contributed by atoms with Gasteiger partial charge in [-0.15, -0.1) is 0 Å². The number of amides is 1. The summed E-state index contributed by atoms with van der Waals surface area (Å²) in [5, 5.41) is 0. The molecule has 8 nitrogen and oxygen atoms in total. The molecule has 4 rings (SSSR count). The van der Waals surface area contributed by atoms with Gasteiger partial charge < -0.3 is 14.4 Å². The van der Waals surface area contributed by atoms with Crippen LogP contribution in [0.5, 0.6) is 0 Å². The highest BCUT2D eigenvalue weighted by molar-refractivity contribution is 7.89. The van der Waals surface area contributed by atoms with Gasteiger partial charge in [-0.3, -0.25) is 4.79 Å². The zero-order chi connectivity index (χ0) is 23.6. The minimum Gasteiger partial charge on any atom is -0.449 e. The van der Waals surface area contributed by atoms with Crippen LogP contribution in [0.25, 0.3) is 0 Å². The fourth-order valence-corrected chi connectivity index (χ4v) is 5.51. The molecule has 2 aliphatic heterocycles. The van der Waals surface area contributed by atoms with Crippen LogP contribution >= 0.6 is 0 Å². The Hall–Kier alpha value is -2.82. The molecule has 0 aliphatic carbocycles. The number of halogens is 1. The minimum atomic E-state index is -4.15. The van der Waals surface area contributed by atoms with Gasteiger partial charge in [0.2, 0.25) is 10.0 Å². The maximum Gasteiger partial charge on any atom is 0.338 e. The summed E-state index contributed by atoms with van der Waals surface area (Å²) in [4.78, 5) is 26.7. The molecular formula is C23H25FN2O6S. The average Bonchev–Trinajstić information content (AvgIpc) is 2.83. The van der Waals surface area contributed by atoms with Gasteiger partial charge >= 0.3 is 5.97 Å². The number of sulfonamides is 1. The molecule has 0 spiro atoms. The third-order valence-electron chi connectivity index (χ3n) is 5.76. The lowest BCUT2D eigenvalue weighted by Crippen LogP contribution is -2.42. The highest BCUT2D eigenvalue weighted by atomic mass is 32.2. The standard InChI is InChI=1S/C23H25FN2O6S/c1-16(22(27)26-10-4-6-17-5-2-3-7-20(17)26)32-23(28)18-8-9-19(24)21(15-18)33(29,30)25-11-13-31-14-12-25/h2-3,5,7-9,15-16H,4,6,10-14H2,1H3. The van der Waals surface area contributed by atoms with Crippen molar-refractivity contribution >= 4 is 27.6 Å². The summed E-state index contributed by atoms with van der Waals surface area (Å²) in [6.45, 7) is 2.59. The van der Waals surface area contributed by atoms with Crippen molar-refractivity contribution in [3.05, 3.63) is 59.4 Å². The molecule has 0 bridgehead atoms. The van der Waals surface area contributed by atoms with Gasteiger partial charge in [0, 0.05) is 25.3 Å². The van der Waals surface area contributed by atoms with Crippen LogP contribution in [-0.2, 0) is 30.7 Å². The Morgan fingerprint density at radius 3 is 2.58 bits per heavy atom. The summed E-state index contributed by atoms with van der Waals surface area (Å²) >= 11 is 0. The molecule has 0 saturated carbocycles. The zero-order valence-corrected chi connectivity index (χ0v) is 19.0. The Morgan fingerprint density at radius 1 is 1.09 bits per heavy atom. The quantitative estimate of drug-likeness (QED) is 0.616. The summed E-state index contributed by atoms with van der Waals surface area (Å²) in [6.07, 6.45) is 0.557. The molecule has 1 saturated heterocycles. The number of carbonyl (C=O) groups is 2. The Morgan fingerprint density at radius 2 is 1.82 bits per heavy atom. The zero-order valence-electron chi connectivity index (χ0n) is 18.2. The summed E-state index contributed by atoms with van der Waals surface area (Å²) in [6, 6.07) is 10.6. The van der Waals surface area contributed by atoms with E-state index in [1.54, 1.807) is 4.90 Å². The van der Waals surface area contributed by atoms with Crippen molar-refractivity contribution in [3.63, 3.8) is 0 Å². The number of aryl methyl sites for hydroxylation is 1. The predicted octanol–water partition coefficient (Wildman–Crippen LogP) is 2.37. The van der Waals surface area contributed by atoms with Gasteiger partial charge in [-0.1, -0.05) is 18.2 Å². The highest BCUT2D eigenvalue weighted by Gasteiger charge is 2.32. The Kier molecular flexibility index (Phi) is 6.78. The summed E-state index contributed by atoms with van der Waals surface area (Å²) < 4.78 is 51.7. The van der Waals surface area contributed by atoms with E-state index in [1.807, 2.05) is 24.3 Å². The minimum absolute atomic E-state index is 0.0965. The second-order valence-electron chi connectivity index (χ2n) is 7.93. The third-order valence-corrected chi connectivity index (χ3v) is 7.68. The largest absolute Gasteiger partial charge is 0.449 e. The number of hydrogen-bond donors (Lipinski definition) is 0. The first-order valence-electron chi connectivity index (χ1n) is 10.8. The van der Waals surface area contributed by atoms with Crippen molar-refractivity contribution in [3.8, 4) is 0 Å². The molecule has 0 aromatic heterocycles. The fraction of sp³-hybridized carbons (Fsp3) is 0.391. The SMILES string of the molecule is CC(OC(=O)c1ccc(F)c(S(=O)(=O)N2CCOCC2)c1)C(=O)N1CCCc2ccccc21. The van der Waals surface area contributed by atoms with Crippen LogP contribution in [0, 0.1) is 5.82 Å². The molecule has 1 amide bonds. The van der Waals surface area contributed by atoms with Crippen LogP contribution in [0.4, 0.5) is 10.1 Å². The fourth-order valence-electron chi connectivity index (χ4n) is 4.02. The number of carbonyl (C=O) groups excluding carboxylic acids is 2. The molecule has 2 aromatic rings. The van der Waals surface area contributed by atoms with E-state index in [4.69, 9.17) is 9.47 Å². The Balaban J connectivity index is 1.51. The van der Waals surface area contributed by atoms with Crippen LogP contribution in [0.3, 0.4) is 0 Å². The molecule has 1 fully saturated rings. The number of rotatable bonds is 5. The van der Waals surface area contributed by atoms with Crippen molar-refractivity contribution < 1.29 is 31.9 Å². The molecule has 1 atom stereocenters. The molecule has 0 radical (unpaired) electrons. The van der Waals surface area contributed by atoms with E-state index in [0.717, 1.165) is 46.6 Å². The summed E-state index contributed by atoms with van der Waals surface area (Å²) in [5.74, 6) is -2.24. The normalized spacial score (nSPS) is 17.8. The van der Waals surface area contributed by atoms with Crippen molar-refractivity contribution in [2.24, 2.45) is 0 Å². The first-order valence-corrected chi connectivity index (χ1v) is 12.2. The molecule has 176 valence electrons. The molecular weight excluding hydrogens is 451 g/mol. The van der Waals surface area contributed by atoms with E-state index >= 15 is 0 Å². The molecule has 10 heteroatoms. The van der Waals surface area contributed by atoms with Gasteiger partial charge in [-0.2, -0.15) is 4.31 Å². The number of anilines is 1. The monoisotopic (exact) mass is 476 g/mol. The molecule has 2 heterocycles. The van der Waals surface area contributed by atoms with Gasteiger partial charge in [-0.25, -0.2) is 17.6 Å². The van der Waals surface area contributed by atoms with Crippen molar-refractivity contribution in [2.75, 3.05) is 37.7 Å². The van der Waals surface area contributed by atoms with Gasteiger partial charge in [0.25, 0.3) is 5.91 Å². The van der Waals surface area contributed by atoms with Crippen molar-refractivity contribution in [2.45, 2.75) is 30.8 Å². The van der Waals surface area contributed by atoms with Crippen molar-refractivity contribution in [1.29, 1.82) is 0 Å². The van der Waals surface area contributed by atoms with Gasteiger partial charge in [-0.05, 0) is 49.6 Å². The van der Waals surface area contributed by atoms with Crippen LogP contribution in [0.2, 0.25) is 0 Å². The molecule has 1 unspecified atom stereocenters. The highest BCUT2D eigenvalue weighted by Crippen LogP contribution is 2.28. The van der Waals surface area contributed by atoms with Crippen LogP contribution in [-0.4, -0.2) is 63.6 Å². The molecule has 33 heavy (non-hydrogen) atoms. The second-order valence-corrected chi connectivity index (χ2v) is 9.84. The lowest BCUT2D eigenvalue weighted by Gasteiger charge is -2.31. The van der Waals surface area contributed by atoms with Crippen LogP contribution in [0.15, 0.2) is 47.4 Å². The number of ether oxygens (including phenoxy) is 2. The third kappa shape index (κ3) is 4.78. The number of hydrogen-bond acceptors (Lipinski definition) is 6. The lowest BCUT2D eigenvalue weighted by molar-refractivity contribution is -0.126. The van der Waals surface area contributed by atoms with Crippen molar-refractivity contribution in [1.82, 2.24) is 4.31 Å². The van der Waals surface area contributed by atoms with E-state index < -0.39 is 32.8 Å². The van der Waals surface area contributed by atoms with Gasteiger partial charge in [0.1, 0.15) is 10.7 Å². The van der Waals surface area contributed by atoms with Gasteiger partial charge in [0.05, 0.1) is 18.8 Å². The first-order chi connectivity index (χ1) is 15.8. The Bertz CT molecular complexity index is 1160. The number of fused-ring (bicyclic) bond motifs is 1. The Labute approximate surface area is 191 Å². The smallest absolute Gasteiger partial charge is 0.338 e. The lowest BCUT2D eigenvalue weighted by atomic mass is 10.0. The summed E-state index contributed by atoms with van der Waals surface area (Å²) in [7, 11) is -4.15. The van der Waals surface area contributed by atoms with E-state index in [-0.39, 0.29) is 37.8 Å². The molecule has 2 aromatic carbocycles. The number of esters is 1. The average molecular weight is 477 g/mol. The van der Waals surface area contributed by atoms with E-state index in [0.29, 0.717) is 6.54 Å². The maximum absolute atomic E-state index is 14.4. The number of para-hydroxylation sites is 1. The molecule has 2 aliphatic rings. The van der Waals surface area contributed by atoms with Gasteiger partial charge in [0.15, 0.2) is 6.10 Å². The van der Waals surface area contributed by atoms with E-state index in [1.165, 1.54) is 6.92 Å². The second kappa shape index (κ2) is 9.58.